The highest BCUT2D eigenvalue weighted by atomic mass is 35.5. The topological polar surface area (TPSA) is 36.4 Å². The summed E-state index contributed by atoms with van der Waals surface area (Å²) in [6.45, 7) is 7.17. The highest BCUT2D eigenvalue weighted by molar-refractivity contribution is 7.22. The minimum atomic E-state index is -0.375. The summed E-state index contributed by atoms with van der Waals surface area (Å²) >= 11 is 8.55. The number of hydrogen-bond acceptors (Lipinski definition) is 5. The molecule has 2 aromatic heterocycles. The molecule has 0 saturated heterocycles. The molecule has 0 N–H and O–H groups in total. The summed E-state index contributed by atoms with van der Waals surface area (Å²) in [5.41, 5.74) is 0.303. The molecule has 0 fully saturated rings. The quantitative estimate of drug-likeness (QED) is 0.475. The zero-order chi connectivity index (χ0) is 18.7. The molecule has 146 valence electrons. The highest BCUT2D eigenvalue weighted by Crippen LogP contribution is 2.32. The van der Waals surface area contributed by atoms with Crippen LogP contribution >= 0.6 is 46.7 Å². The Morgan fingerprint density at radius 2 is 1.89 bits per heavy atom. The van der Waals surface area contributed by atoms with Gasteiger partial charge in [0.2, 0.25) is 0 Å². The number of nitrogens with zero attached hydrogens (tertiary/aromatic N) is 3. The minimum Gasteiger partial charge on any atom is -0.302 e. The molecule has 3 aromatic rings. The predicted octanol–water partition coefficient (Wildman–Crippen LogP) is 5.56. The third kappa shape index (κ3) is 4.97. The third-order valence-corrected chi connectivity index (χ3v) is 6.42. The van der Waals surface area contributed by atoms with E-state index in [0.29, 0.717) is 26.4 Å². The van der Waals surface area contributed by atoms with Crippen molar-refractivity contribution in [3.63, 3.8) is 0 Å². The molecular weight excluding hydrogens is 428 g/mol. The van der Waals surface area contributed by atoms with E-state index in [2.05, 4.69) is 23.7 Å². The van der Waals surface area contributed by atoms with Crippen LogP contribution in [0.15, 0.2) is 30.3 Å². The fourth-order valence-electron chi connectivity index (χ4n) is 2.65. The van der Waals surface area contributed by atoms with Crippen molar-refractivity contribution in [1.29, 1.82) is 0 Å². The number of thiazole rings is 1. The van der Waals surface area contributed by atoms with Crippen molar-refractivity contribution in [3.8, 4) is 0 Å². The Kier molecular flexibility index (Phi) is 8.00. The van der Waals surface area contributed by atoms with Gasteiger partial charge in [-0.25, -0.2) is 9.37 Å². The maximum Gasteiger partial charge on any atom is 0.270 e. The average Bonchev–Trinajstić information content (AvgIpc) is 3.25. The lowest BCUT2D eigenvalue weighted by Gasteiger charge is -2.24. The number of carbonyl (C=O) groups is 1. The monoisotopic (exact) mass is 447 g/mol. The second kappa shape index (κ2) is 9.80. The summed E-state index contributed by atoms with van der Waals surface area (Å²) in [7, 11) is 0. The van der Waals surface area contributed by atoms with Gasteiger partial charge in [0.25, 0.3) is 5.91 Å². The van der Waals surface area contributed by atoms with Crippen molar-refractivity contribution in [1.82, 2.24) is 9.88 Å². The molecule has 0 radical (unpaired) electrons. The van der Waals surface area contributed by atoms with Crippen LogP contribution in [0.5, 0.6) is 0 Å². The molecule has 0 spiro atoms. The Hall–Kier alpha value is -1.25. The van der Waals surface area contributed by atoms with Crippen LogP contribution < -0.4 is 4.90 Å². The van der Waals surface area contributed by atoms with E-state index in [9.17, 15) is 9.18 Å². The molecule has 3 rings (SSSR count). The normalized spacial score (nSPS) is 11.0. The van der Waals surface area contributed by atoms with Gasteiger partial charge in [0, 0.05) is 13.1 Å². The largest absolute Gasteiger partial charge is 0.302 e. The lowest BCUT2D eigenvalue weighted by molar-refractivity contribution is 0.0987. The Labute approximate surface area is 177 Å². The zero-order valence-corrected chi connectivity index (χ0v) is 18.2. The summed E-state index contributed by atoms with van der Waals surface area (Å²) in [6.07, 6.45) is 0. The first-order chi connectivity index (χ1) is 12.5. The minimum absolute atomic E-state index is 0. The molecule has 0 bridgehead atoms. The second-order valence-corrected chi connectivity index (χ2v) is 8.39. The number of amides is 1. The Bertz CT molecular complexity index is 911. The number of para-hydroxylation sites is 1. The van der Waals surface area contributed by atoms with Gasteiger partial charge >= 0.3 is 0 Å². The second-order valence-electron chi connectivity index (χ2n) is 5.67. The number of rotatable bonds is 7. The predicted molar refractivity (Wildman–Crippen MR) is 116 cm³/mol. The van der Waals surface area contributed by atoms with Gasteiger partial charge in [-0.2, -0.15) is 0 Å². The summed E-state index contributed by atoms with van der Waals surface area (Å²) in [6, 6.07) is 8.27. The number of benzene rings is 1. The van der Waals surface area contributed by atoms with Crippen molar-refractivity contribution in [2.45, 2.75) is 13.8 Å². The maximum absolute atomic E-state index is 14.0. The first-order valence-corrected chi connectivity index (χ1v) is 10.4. The molecule has 0 unspecified atom stereocenters. The van der Waals surface area contributed by atoms with E-state index in [1.807, 2.05) is 6.07 Å². The lowest BCUT2D eigenvalue weighted by atomic mass is 10.3. The molecule has 0 aliphatic heterocycles. The summed E-state index contributed by atoms with van der Waals surface area (Å²) in [4.78, 5) is 21.9. The number of hydrogen-bond donors (Lipinski definition) is 0. The van der Waals surface area contributed by atoms with Gasteiger partial charge in [-0.15, -0.1) is 23.7 Å². The number of carbonyl (C=O) groups excluding carboxylic acids is 1. The van der Waals surface area contributed by atoms with Gasteiger partial charge in [0.1, 0.15) is 11.3 Å². The van der Waals surface area contributed by atoms with E-state index in [-0.39, 0.29) is 24.1 Å². The summed E-state index contributed by atoms with van der Waals surface area (Å²) in [5, 5.41) is 0.506. The van der Waals surface area contributed by atoms with Gasteiger partial charge in [-0.05, 0) is 37.4 Å². The number of thiophene rings is 1. The molecule has 27 heavy (non-hydrogen) atoms. The van der Waals surface area contributed by atoms with Crippen LogP contribution in [-0.4, -0.2) is 42.0 Å². The summed E-state index contributed by atoms with van der Waals surface area (Å²) in [5.74, 6) is -0.533. The van der Waals surface area contributed by atoms with E-state index in [1.54, 1.807) is 23.1 Å². The number of fused-ring (bicyclic) bond motifs is 1. The van der Waals surface area contributed by atoms with E-state index in [4.69, 9.17) is 11.6 Å². The first kappa shape index (κ1) is 22.0. The SMILES string of the molecule is CCN(CC)CCN(C(=O)c1ccc(Cl)s1)c1nc2c(F)cccc2s1.Cl. The first-order valence-electron chi connectivity index (χ1n) is 8.38. The Balaban J connectivity index is 0.00000261. The molecule has 9 heteroatoms. The highest BCUT2D eigenvalue weighted by Gasteiger charge is 2.23. The van der Waals surface area contributed by atoms with Crippen molar-refractivity contribution >= 4 is 67.9 Å². The van der Waals surface area contributed by atoms with Crippen LogP contribution in [0.4, 0.5) is 9.52 Å². The van der Waals surface area contributed by atoms with E-state index in [1.165, 1.54) is 28.7 Å². The molecule has 0 saturated carbocycles. The number of halogens is 3. The molecule has 0 aliphatic rings. The van der Waals surface area contributed by atoms with Gasteiger partial charge in [0.15, 0.2) is 5.13 Å². The number of likely N-dealkylation sites (N-methyl/N-ethyl adjacent to an activating group) is 1. The van der Waals surface area contributed by atoms with Crippen LogP contribution in [0.25, 0.3) is 10.2 Å². The fraction of sp³-hybridized carbons (Fsp3) is 0.333. The molecule has 1 aromatic carbocycles. The molecule has 2 heterocycles. The standard InChI is InChI=1S/C18H19ClFN3OS2.ClH/c1-3-22(4-2)10-11-23(17(24)14-8-9-15(19)25-14)18-21-16-12(20)6-5-7-13(16)26-18;/h5-9H,3-4,10-11H2,1-2H3;1H. The number of anilines is 1. The molecular formula is C18H20Cl2FN3OS2. The van der Waals surface area contributed by atoms with Gasteiger partial charge in [-0.1, -0.05) is 42.9 Å². The van der Waals surface area contributed by atoms with E-state index >= 15 is 0 Å². The Morgan fingerprint density at radius 3 is 2.48 bits per heavy atom. The zero-order valence-electron chi connectivity index (χ0n) is 14.9. The fourth-order valence-corrected chi connectivity index (χ4v) is 4.64. The van der Waals surface area contributed by atoms with Gasteiger partial charge in [0.05, 0.1) is 13.9 Å². The molecule has 0 atom stereocenters. The van der Waals surface area contributed by atoms with E-state index in [0.717, 1.165) is 24.3 Å². The number of aromatic nitrogens is 1. The van der Waals surface area contributed by atoms with Crippen molar-refractivity contribution in [3.05, 3.63) is 45.4 Å². The summed E-state index contributed by atoms with van der Waals surface area (Å²) < 4.78 is 15.3. The van der Waals surface area contributed by atoms with Crippen molar-refractivity contribution < 1.29 is 9.18 Å². The molecule has 4 nitrogen and oxygen atoms in total. The van der Waals surface area contributed by atoms with Crippen LogP contribution in [-0.2, 0) is 0 Å². The van der Waals surface area contributed by atoms with E-state index < -0.39 is 0 Å². The van der Waals surface area contributed by atoms with Crippen molar-refractivity contribution in [2.75, 3.05) is 31.1 Å². The van der Waals surface area contributed by atoms with Crippen molar-refractivity contribution in [2.24, 2.45) is 0 Å². The van der Waals surface area contributed by atoms with Crippen LogP contribution in [0.3, 0.4) is 0 Å². The van der Waals surface area contributed by atoms with Crippen LogP contribution in [0, 0.1) is 5.82 Å². The average molecular weight is 448 g/mol. The van der Waals surface area contributed by atoms with Crippen LogP contribution in [0.2, 0.25) is 4.34 Å². The lowest BCUT2D eigenvalue weighted by Crippen LogP contribution is -2.38. The Morgan fingerprint density at radius 1 is 1.15 bits per heavy atom. The van der Waals surface area contributed by atoms with Crippen LogP contribution in [0.1, 0.15) is 23.5 Å². The van der Waals surface area contributed by atoms with Gasteiger partial charge < -0.3 is 4.90 Å². The van der Waals surface area contributed by atoms with Gasteiger partial charge in [-0.3, -0.25) is 9.69 Å². The third-order valence-electron chi connectivity index (χ3n) is 4.15. The molecule has 0 aliphatic carbocycles. The maximum atomic E-state index is 14.0. The molecule has 1 amide bonds. The smallest absolute Gasteiger partial charge is 0.270 e.